The Hall–Kier alpha value is -3.15. The highest BCUT2D eigenvalue weighted by molar-refractivity contribution is 7.22. The smallest absolute Gasteiger partial charge is 0.339 e. The van der Waals surface area contributed by atoms with Gasteiger partial charge in [0.15, 0.2) is 6.10 Å². The average molecular weight is 622 g/mol. The molecule has 1 unspecified atom stereocenters. The lowest BCUT2D eigenvalue weighted by Gasteiger charge is -2.42. The van der Waals surface area contributed by atoms with Crippen LogP contribution in [0.15, 0.2) is 42.6 Å². The second kappa shape index (κ2) is 12.1. The minimum atomic E-state index is -0.929. The van der Waals surface area contributed by atoms with Gasteiger partial charge in [-0.3, -0.25) is 4.90 Å². The second-order valence-electron chi connectivity index (χ2n) is 11.9. The van der Waals surface area contributed by atoms with Crippen molar-refractivity contribution in [1.82, 2.24) is 19.9 Å². The topological polar surface area (TPSA) is 89.9 Å². The first-order chi connectivity index (χ1) is 20.6. The number of rotatable bonds is 7. The molecular formula is C32H36ClN5O4S. The summed E-state index contributed by atoms with van der Waals surface area (Å²) in [6, 6.07) is 12.1. The van der Waals surface area contributed by atoms with Crippen LogP contribution in [0.3, 0.4) is 0 Å². The van der Waals surface area contributed by atoms with Crippen LogP contribution in [0.2, 0.25) is 5.02 Å². The molecular weight excluding hydrogens is 586 g/mol. The number of hydrogen-bond donors (Lipinski definition) is 0. The van der Waals surface area contributed by atoms with Gasteiger partial charge in [0, 0.05) is 48.5 Å². The molecule has 0 N–H and O–H groups in total. The Morgan fingerprint density at radius 3 is 2.44 bits per heavy atom. The Morgan fingerprint density at radius 2 is 1.81 bits per heavy atom. The molecule has 2 saturated heterocycles. The van der Waals surface area contributed by atoms with Crippen LogP contribution < -0.4 is 4.90 Å². The summed E-state index contributed by atoms with van der Waals surface area (Å²) < 4.78 is 17.9. The van der Waals surface area contributed by atoms with E-state index in [0.717, 1.165) is 82.6 Å². The number of ether oxygens (including phenoxy) is 3. The first-order valence-electron chi connectivity index (χ1n) is 14.5. The number of hydrogen-bond acceptors (Lipinski definition) is 10. The summed E-state index contributed by atoms with van der Waals surface area (Å²) in [5, 5.41) is 1.41. The van der Waals surface area contributed by atoms with Crippen molar-refractivity contribution in [2.45, 2.75) is 45.4 Å². The zero-order valence-corrected chi connectivity index (χ0v) is 26.7. The molecule has 0 amide bonds. The van der Waals surface area contributed by atoms with E-state index in [2.05, 4.69) is 14.8 Å². The zero-order valence-electron chi connectivity index (χ0n) is 25.1. The van der Waals surface area contributed by atoms with Crippen LogP contribution in [0.25, 0.3) is 32.0 Å². The van der Waals surface area contributed by atoms with E-state index in [1.165, 1.54) is 7.11 Å². The summed E-state index contributed by atoms with van der Waals surface area (Å²) in [7, 11) is 1.39. The lowest BCUT2D eigenvalue weighted by atomic mass is 9.91. The number of methoxy groups -OCH3 is 1. The van der Waals surface area contributed by atoms with Gasteiger partial charge in [-0.15, -0.1) is 11.3 Å². The number of aryl methyl sites for hydroxylation is 1. The highest BCUT2D eigenvalue weighted by Gasteiger charge is 2.34. The molecule has 226 valence electrons. The minimum Gasteiger partial charge on any atom is -0.467 e. The van der Waals surface area contributed by atoms with E-state index in [0.29, 0.717) is 17.0 Å². The Labute approximate surface area is 260 Å². The third kappa shape index (κ3) is 6.25. The SMILES string of the molecule is COC(=O)C(OC(C)(C)C)c1c(C)cc2nc(-c3ccnc(N4CCN(C5COC5)CC4)n3)sc2c1-c1ccc(Cl)cc1. The number of benzene rings is 2. The quantitative estimate of drug-likeness (QED) is 0.233. The summed E-state index contributed by atoms with van der Waals surface area (Å²) in [4.78, 5) is 32.5. The highest BCUT2D eigenvalue weighted by Crippen LogP contribution is 2.44. The molecule has 6 rings (SSSR count). The van der Waals surface area contributed by atoms with Gasteiger partial charge in [0.2, 0.25) is 5.95 Å². The van der Waals surface area contributed by atoms with Crippen LogP contribution in [0.1, 0.15) is 38.0 Å². The van der Waals surface area contributed by atoms with E-state index in [9.17, 15) is 4.79 Å². The Morgan fingerprint density at radius 1 is 1.09 bits per heavy atom. The average Bonchev–Trinajstić information content (AvgIpc) is 3.38. The number of aromatic nitrogens is 3. The van der Waals surface area contributed by atoms with E-state index in [1.807, 2.05) is 64.1 Å². The van der Waals surface area contributed by atoms with Gasteiger partial charge in [-0.2, -0.15) is 0 Å². The van der Waals surface area contributed by atoms with Crippen LogP contribution in [-0.2, 0) is 19.0 Å². The van der Waals surface area contributed by atoms with E-state index in [4.69, 9.17) is 35.8 Å². The predicted molar refractivity (Wildman–Crippen MR) is 170 cm³/mol. The van der Waals surface area contributed by atoms with Gasteiger partial charge in [0.1, 0.15) is 10.7 Å². The standard InChI is InChI=1S/C32H36ClN5O4S/c1-19-16-24-28(26(20-6-8-21(33)9-7-20)25(19)27(30(39)40-5)42-32(2,3)4)43-29(35-24)23-10-11-34-31(36-23)38-14-12-37(13-15-38)22-17-41-18-22/h6-11,16,22,27H,12-15,17-18H2,1-5H3. The summed E-state index contributed by atoms with van der Waals surface area (Å²) in [5.74, 6) is 0.253. The molecule has 11 heteroatoms. The van der Waals surface area contributed by atoms with Gasteiger partial charge in [0.05, 0.1) is 42.2 Å². The highest BCUT2D eigenvalue weighted by atomic mass is 35.5. The fourth-order valence-electron chi connectivity index (χ4n) is 5.59. The van der Waals surface area contributed by atoms with Crippen LogP contribution in [0.5, 0.6) is 0 Å². The molecule has 0 aliphatic carbocycles. The molecule has 0 spiro atoms. The van der Waals surface area contributed by atoms with Gasteiger partial charge in [-0.05, 0) is 63.1 Å². The maximum Gasteiger partial charge on any atom is 0.339 e. The Kier molecular flexibility index (Phi) is 8.41. The maximum atomic E-state index is 13.2. The zero-order chi connectivity index (χ0) is 30.3. The fraction of sp³-hybridized carbons (Fsp3) is 0.438. The molecule has 0 saturated carbocycles. The van der Waals surface area contributed by atoms with Crippen LogP contribution in [0, 0.1) is 6.92 Å². The summed E-state index contributed by atoms with van der Waals surface area (Å²) in [5.41, 5.74) is 4.41. The number of piperazine rings is 1. The largest absolute Gasteiger partial charge is 0.467 e. The first-order valence-corrected chi connectivity index (χ1v) is 15.7. The van der Waals surface area contributed by atoms with Gasteiger partial charge in [0.25, 0.3) is 0 Å². The van der Waals surface area contributed by atoms with Crippen LogP contribution in [-0.4, -0.2) is 84.0 Å². The normalized spacial score (nSPS) is 17.2. The monoisotopic (exact) mass is 621 g/mol. The van der Waals surface area contributed by atoms with Crippen LogP contribution >= 0.6 is 22.9 Å². The van der Waals surface area contributed by atoms with Crippen molar-refractivity contribution in [3.8, 4) is 21.8 Å². The molecule has 2 aliphatic rings. The van der Waals surface area contributed by atoms with Gasteiger partial charge >= 0.3 is 5.97 Å². The number of carbonyl (C=O) groups is 1. The number of nitrogens with zero attached hydrogens (tertiary/aromatic N) is 5. The van der Waals surface area contributed by atoms with Crippen molar-refractivity contribution in [2.24, 2.45) is 0 Å². The molecule has 2 aromatic carbocycles. The molecule has 0 bridgehead atoms. The molecule has 9 nitrogen and oxygen atoms in total. The third-order valence-electron chi connectivity index (χ3n) is 7.81. The Bertz CT molecular complexity index is 1630. The number of thiazole rings is 1. The third-order valence-corrected chi connectivity index (χ3v) is 9.17. The van der Waals surface area contributed by atoms with Gasteiger partial charge in [-0.25, -0.2) is 19.7 Å². The lowest BCUT2D eigenvalue weighted by Crippen LogP contribution is -2.56. The number of anilines is 1. The predicted octanol–water partition coefficient (Wildman–Crippen LogP) is 5.93. The summed E-state index contributed by atoms with van der Waals surface area (Å²) in [6.07, 6.45) is 0.873. The summed E-state index contributed by atoms with van der Waals surface area (Å²) in [6.45, 7) is 13.1. The minimum absolute atomic E-state index is 0.456. The number of carbonyl (C=O) groups excluding carboxylic acids is 1. The number of esters is 1. The second-order valence-corrected chi connectivity index (χ2v) is 13.4. The van der Waals surface area contributed by atoms with Crippen molar-refractivity contribution in [3.63, 3.8) is 0 Å². The molecule has 4 heterocycles. The Balaban J connectivity index is 1.42. The van der Waals surface area contributed by atoms with E-state index >= 15 is 0 Å². The van der Waals surface area contributed by atoms with E-state index in [-0.39, 0.29) is 0 Å². The molecule has 1 atom stereocenters. The van der Waals surface area contributed by atoms with E-state index in [1.54, 1.807) is 17.5 Å². The summed E-state index contributed by atoms with van der Waals surface area (Å²) >= 11 is 7.81. The fourth-order valence-corrected chi connectivity index (χ4v) is 6.81. The molecule has 2 aromatic heterocycles. The van der Waals surface area contributed by atoms with Crippen molar-refractivity contribution in [3.05, 3.63) is 58.7 Å². The molecule has 0 radical (unpaired) electrons. The van der Waals surface area contributed by atoms with E-state index < -0.39 is 17.7 Å². The van der Waals surface area contributed by atoms with Crippen molar-refractivity contribution in [2.75, 3.05) is 51.4 Å². The van der Waals surface area contributed by atoms with Gasteiger partial charge in [-0.1, -0.05) is 23.7 Å². The first kappa shape index (κ1) is 29.9. The number of fused-ring (bicyclic) bond motifs is 1. The molecule has 43 heavy (non-hydrogen) atoms. The van der Waals surface area contributed by atoms with Crippen molar-refractivity contribution < 1.29 is 19.0 Å². The number of halogens is 1. The van der Waals surface area contributed by atoms with Crippen molar-refractivity contribution in [1.29, 1.82) is 0 Å². The maximum absolute atomic E-state index is 13.2. The lowest BCUT2D eigenvalue weighted by molar-refractivity contribution is -0.164. The van der Waals surface area contributed by atoms with Crippen LogP contribution in [0.4, 0.5) is 5.95 Å². The van der Waals surface area contributed by atoms with Crippen molar-refractivity contribution >= 4 is 45.1 Å². The van der Waals surface area contributed by atoms with Gasteiger partial charge < -0.3 is 19.1 Å². The molecule has 2 aliphatic heterocycles. The molecule has 4 aromatic rings. The molecule has 2 fully saturated rings.